The molecule has 1 aromatic carbocycles. The first-order valence-electron chi connectivity index (χ1n) is 7.11. The van der Waals surface area contributed by atoms with E-state index in [4.69, 9.17) is 15.5 Å². The van der Waals surface area contributed by atoms with Gasteiger partial charge >= 0.3 is 0 Å². The van der Waals surface area contributed by atoms with Crippen molar-refractivity contribution in [2.75, 3.05) is 12.3 Å². The normalized spacial score (nSPS) is 16.1. The van der Waals surface area contributed by atoms with Crippen molar-refractivity contribution in [1.29, 1.82) is 0 Å². The van der Waals surface area contributed by atoms with Gasteiger partial charge in [0, 0.05) is 22.7 Å². The molecule has 0 unspecified atom stereocenters. The highest BCUT2D eigenvalue weighted by molar-refractivity contribution is 5.94. The van der Waals surface area contributed by atoms with Crippen LogP contribution >= 0.6 is 0 Å². The van der Waals surface area contributed by atoms with E-state index in [1.165, 1.54) is 25.7 Å². The zero-order valence-corrected chi connectivity index (χ0v) is 11.4. The number of pyridine rings is 1. The van der Waals surface area contributed by atoms with Crippen LogP contribution in [-0.2, 0) is 0 Å². The fraction of sp³-hybridized carbons (Fsp3) is 0.438. The lowest BCUT2D eigenvalue weighted by Crippen LogP contribution is -2.02. The molecular formula is C16H20N2O. The van der Waals surface area contributed by atoms with Gasteiger partial charge in [-0.15, -0.1) is 0 Å². The Morgan fingerprint density at radius 3 is 2.84 bits per heavy atom. The van der Waals surface area contributed by atoms with Gasteiger partial charge in [0.25, 0.3) is 0 Å². The molecule has 0 saturated heterocycles. The quantitative estimate of drug-likeness (QED) is 0.906. The van der Waals surface area contributed by atoms with Gasteiger partial charge < -0.3 is 10.5 Å². The summed E-state index contributed by atoms with van der Waals surface area (Å²) in [6.07, 6.45) is 5.07. The van der Waals surface area contributed by atoms with E-state index in [-0.39, 0.29) is 0 Å². The lowest BCUT2D eigenvalue weighted by atomic mass is 10.0. The number of rotatable bonds is 3. The Hall–Kier alpha value is -1.77. The predicted molar refractivity (Wildman–Crippen MR) is 78.5 cm³/mol. The van der Waals surface area contributed by atoms with Crippen LogP contribution in [0.1, 0.15) is 44.2 Å². The first-order chi connectivity index (χ1) is 9.29. The van der Waals surface area contributed by atoms with Gasteiger partial charge in [-0.3, -0.25) is 0 Å². The molecule has 0 aliphatic heterocycles. The number of hydrogen-bond donors (Lipinski definition) is 1. The van der Waals surface area contributed by atoms with Gasteiger partial charge in [-0.1, -0.05) is 25.0 Å². The molecule has 2 N–H and O–H groups in total. The number of fused-ring (bicyclic) bond motifs is 1. The molecule has 100 valence electrons. The van der Waals surface area contributed by atoms with Crippen molar-refractivity contribution >= 4 is 16.6 Å². The number of nitrogens with zero attached hydrogens (tertiary/aromatic N) is 1. The first-order valence-corrected chi connectivity index (χ1v) is 7.11. The minimum Gasteiger partial charge on any atom is -0.492 e. The Bertz CT molecular complexity index is 589. The number of hydrogen-bond acceptors (Lipinski definition) is 3. The number of anilines is 1. The fourth-order valence-electron chi connectivity index (χ4n) is 2.97. The summed E-state index contributed by atoms with van der Waals surface area (Å²) in [7, 11) is 0. The van der Waals surface area contributed by atoms with Gasteiger partial charge in [-0.25, -0.2) is 4.98 Å². The molecular weight excluding hydrogens is 236 g/mol. The standard InChI is InChI=1S/C16H20N2O/c1-2-19-15-9-5-8-12-13(17)10-14(18-16(12)15)11-6-3-4-7-11/h5,8-11H,2-4,6-7H2,1H3,(H2,17,18). The molecule has 0 bridgehead atoms. The second-order valence-electron chi connectivity index (χ2n) is 5.20. The zero-order chi connectivity index (χ0) is 13.2. The third-order valence-corrected chi connectivity index (χ3v) is 3.93. The van der Waals surface area contributed by atoms with E-state index in [0.29, 0.717) is 12.5 Å². The van der Waals surface area contributed by atoms with E-state index in [1.54, 1.807) is 0 Å². The van der Waals surface area contributed by atoms with E-state index < -0.39 is 0 Å². The summed E-state index contributed by atoms with van der Waals surface area (Å²) < 4.78 is 5.67. The topological polar surface area (TPSA) is 48.1 Å². The lowest BCUT2D eigenvalue weighted by molar-refractivity contribution is 0.343. The molecule has 1 aliphatic carbocycles. The van der Waals surface area contributed by atoms with Crippen molar-refractivity contribution in [3.05, 3.63) is 30.0 Å². The van der Waals surface area contributed by atoms with Crippen LogP contribution in [0, 0.1) is 0 Å². The highest BCUT2D eigenvalue weighted by Crippen LogP contribution is 2.37. The number of ether oxygens (including phenoxy) is 1. The Morgan fingerprint density at radius 2 is 2.11 bits per heavy atom. The molecule has 2 aromatic rings. The Labute approximate surface area is 113 Å². The van der Waals surface area contributed by atoms with Crippen LogP contribution < -0.4 is 10.5 Å². The summed E-state index contributed by atoms with van der Waals surface area (Å²) in [4.78, 5) is 4.83. The van der Waals surface area contributed by atoms with Crippen LogP contribution in [0.2, 0.25) is 0 Å². The minimum absolute atomic E-state index is 0.571. The van der Waals surface area contributed by atoms with Gasteiger partial charge in [0.2, 0.25) is 0 Å². The molecule has 0 atom stereocenters. The van der Waals surface area contributed by atoms with E-state index in [0.717, 1.165) is 28.0 Å². The highest BCUT2D eigenvalue weighted by atomic mass is 16.5. The summed E-state index contributed by atoms with van der Waals surface area (Å²) in [5, 5.41) is 0.993. The van der Waals surface area contributed by atoms with Crippen molar-refractivity contribution in [3.8, 4) is 5.75 Å². The summed E-state index contributed by atoms with van der Waals surface area (Å²) in [6, 6.07) is 8.00. The molecule has 3 heteroatoms. The fourth-order valence-corrected chi connectivity index (χ4v) is 2.97. The molecule has 0 amide bonds. The summed E-state index contributed by atoms with van der Waals surface area (Å²) in [5.74, 6) is 1.41. The van der Waals surface area contributed by atoms with Crippen molar-refractivity contribution in [2.24, 2.45) is 0 Å². The number of benzene rings is 1. The van der Waals surface area contributed by atoms with Crippen molar-refractivity contribution in [3.63, 3.8) is 0 Å². The minimum atomic E-state index is 0.571. The number of para-hydroxylation sites is 1. The molecule has 1 aliphatic rings. The van der Waals surface area contributed by atoms with Gasteiger partial charge in [-0.05, 0) is 31.9 Å². The molecule has 1 aromatic heterocycles. The summed E-state index contributed by atoms with van der Waals surface area (Å²) >= 11 is 0. The lowest BCUT2D eigenvalue weighted by Gasteiger charge is -2.13. The van der Waals surface area contributed by atoms with Crippen LogP contribution in [0.15, 0.2) is 24.3 Å². The van der Waals surface area contributed by atoms with Crippen LogP contribution in [0.5, 0.6) is 5.75 Å². The number of nitrogens with two attached hydrogens (primary N) is 1. The van der Waals surface area contributed by atoms with Crippen LogP contribution in [0.4, 0.5) is 5.69 Å². The maximum Gasteiger partial charge on any atom is 0.145 e. The molecule has 0 radical (unpaired) electrons. The van der Waals surface area contributed by atoms with Crippen molar-refractivity contribution in [1.82, 2.24) is 4.98 Å². The second-order valence-corrected chi connectivity index (χ2v) is 5.20. The van der Waals surface area contributed by atoms with Crippen molar-refractivity contribution in [2.45, 2.75) is 38.5 Å². The van der Waals surface area contributed by atoms with E-state index in [9.17, 15) is 0 Å². The Kier molecular flexibility index (Phi) is 3.28. The first kappa shape index (κ1) is 12.3. The maximum atomic E-state index is 6.19. The van der Waals surface area contributed by atoms with E-state index in [2.05, 4.69) is 0 Å². The largest absolute Gasteiger partial charge is 0.492 e. The molecule has 1 fully saturated rings. The number of aromatic nitrogens is 1. The van der Waals surface area contributed by atoms with Crippen LogP contribution in [-0.4, -0.2) is 11.6 Å². The summed E-state index contributed by atoms with van der Waals surface area (Å²) in [5.41, 5.74) is 9.05. The van der Waals surface area contributed by atoms with Crippen molar-refractivity contribution < 1.29 is 4.74 Å². The zero-order valence-electron chi connectivity index (χ0n) is 11.4. The van der Waals surface area contributed by atoms with Gasteiger partial charge in [0.15, 0.2) is 0 Å². The smallest absolute Gasteiger partial charge is 0.145 e. The van der Waals surface area contributed by atoms with Crippen LogP contribution in [0.3, 0.4) is 0 Å². The van der Waals surface area contributed by atoms with E-state index in [1.807, 2.05) is 31.2 Å². The third-order valence-electron chi connectivity index (χ3n) is 3.93. The van der Waals surface area contributed by atoms with E-state index >= 15 is 0 Å². The Balaban J connectivity index is 2.13. The molecule has 0 spiro atoms. The highest BCUT2D eigenvalue weighted by Gasteiger charge is 2.20. The molecule has 3 nitrogen and oxygen atoms in total. The number of nitrogen functional groups attached to an aromatic ring is 1. The monoisotopic (exact) mass is 256 g/mol. The van der Waals surface area contributed by atoms with Gasteiger partial charge in [0.05, 0.1) is 6.61 Å². The molecule has 1 saturated carbocycles. The summed E-state index contributed by atoms with van der Waals surface area (Å²) in [6.45, 7) is 2.64. The van der Waals surface area contributed by atoms with Crippen LogP contribution in [0.25, 0.3) is 10.9 Å². The SMILES string of the molecule is CCOc1cccc2c(N)cc(C3CCCC3)nc12. The maximum absolute atomic E-state index is 6.19. The molecule has 19 heavy (non-hydrogen) atoms. The van der Waals surface area contributed by atoms with Gasteiger partial charge in [-0.2, -0.15) is 0 Å². The second kappa shape index (κ2) is 5.08. The van der Waals surface area contributed by atoms with Gasteiger partial charge in [0.1, 0.15) is 11.3 Å². The predicted octanol–water partition coefficient (Wildman–Crippen LogP) is 3.87. The molecule has 1 heterocycles. The average molecular weight is 256 g/mol. The molecule has 3 rings (SSSR count). The third kappa shape index (κ3) is 2.25. The average Bonchev–Trinajstić information content (AvgIpc) is 2.94. The Morgan fingerprint density at radius 1 is 1.32 bits per heavy atom.